The molecule has 0 saturated heterocycles. The first-order valence-electron chi connectivity index (χ1n) is 6.54. The van der Waals surface area contributed by atoms with Gasteiger partial charge >= 0.3 is 0 Å². The van der Waals surface area contributed by atoms with Crippen molar-refractivity contribution in [2.24, 2.45) is 5.73 Å². The lowest BCUT2D eigenvalue weighted by molar-refractivity contribution is -0.114. The smallest absolute Gasteiger partial charge is 0.243 e. The number of nitrogens with two attached hydrogens (primary N) is 1. The average Bonchev–Trinajstić information content (AvgIpc) is 2.48. The number of anilines is 2. The van der Waals surface area contributed by atoms with E-state index in [0.29, 0.717) is 13.1 Å². The number of likely N-dealkylation sites (N-methyl/N-ethyl adjacent to an activating group) is 1. The third kappa shape index (κ3) is 3.83. The van der Waals surface area contributed by atoms with Gasteiger partial charge in [0.15, 0.2) is 0 Å². The maximum atomic E-state index is 12.0. The van der Waals surface area contributed by atoms with Crippen molar-refractivity contribution < 1.29 is 4.79 Å². The van der Waals surface area contributed by atoms with E-state index in [1.807, 2.05) is 66.5 Å². The maximum absolute atomic E-state index is 12.0. The van der Waals surface area contributed by atoms with Crippen LogP contribution in [0, 0.1) is 0 Å². The van der Waals surface area contributed by atoms with Crippen molar-refractivity contribution in [2.75, 3.05) is 23.8 Å². The van der Waals surface area contributed by atoms with E-state index in [9.17, 15) is 4.79 Å². The minimum absolute atomic E-state index is 0.0504. The van der Waals surface area contributed by atoms with Crippen molar-refractivity contribution in [3.8, 4) is 0 Å². The van der Waals surface area contributed by atoms with Gasteiger partial charge in [-0.15, -0.1) is 0 Å². The molecule has 0 radical (unpaired) electrons. The van der Waals surface area contributed by atoms with Crippen LogP contribution in [0.15, 0.2) is 54.6 Å². The Hall–Kier alpha value is -2.33. The van der Waals surface area contributed by atoms with E-state index in [0.717, 1.165) is 16.9 Å². The first-order valence-corrected chi connectivity index (χ1v) is 6.54. The Labute approximate surface area is 119 Å². The van der Waals surface area contributed by atoms with Crippen molar-refractivity contribution in [3.63, 3.8) is 0 Å². The van der Waals surface area contributed by atoms with Crippen LogP contribution in [-0.2, 0) is 11.3 Å². The minimum atomic E-state index is -0.0504. The molecule has 0 aliphatic carbocycles. The number of carbonyl (C=O) groups excluding carboxylic acids is 1. The largest absolute Gasteiger partial charge is 0.365 e. The molecule has 0 bridgehead atoms. The lowest BCUT2D eigenvalue weighted by atomic mass is 10.2. The number of carbonyl (C=O) groups is 1. The molecular weight excluding hydrogens is 250 g/mol. The summed E-state index contributed by atoms with van der Waals surface area (Å²) in [7, 11) is 1.89. The van der Waals surface area contributed by atoms with Crippen LogP contribution in [0.25, 0.3) is 0 Å². The molecule has 0 spiro atoms. The third-order valence-corrected chi connectivity index (χ3v) is 3.02. The highest BCUT2D eigenvalue weighted by Gasteiger charge is 2.07. The highest BCUT2D eigenvalue weighted by Crippen LogP contribution is 2.12. The second-order valence-corrected chi connectivity index (χ2v) is 4.64. The van der Waals surface area contributed by atoms with Gasteiger partial charge in [-0.05, 0) is 29.8 Å². The fourth-order valence-electron chi connectivity index (χ4n) is 1.97. The summed E-state index contributed by atoms with van der Waals surface area (Å²) in [5, 5.41) is 2.88. The van der Waals surface area contributed by atoms with Crippen LogP contribution in [-0.4, -0.2) is 19.5 Å². The Balaban J connectivity index is 1.95. The van der Waals surface area contributed by atoms with Gasteiger partial charge in [0.2, 0.25) is 5.91 Å². The van der Waals surface area contributed by atoms with E-state index in [2.05, 4.69) is 5.32 Å². The summed E-state index contributed by atoms with van der Waals surface area (Å²) in [5.41, 5.74) is 8.37. The molecule has 0 heterocycles. The van der Waals surface area contributed by atoms with Gasteiger partial charge in [-0.2, -0.15) is 0 Å². The second-order valence-electron chi connectivity index (χ2n) is 4.64. The summed E-state index contributed by atoms with van der Waals surface area (Å²) in [6, 6.07) is 17.4. The van der Waals surface area contributed by atoms with Crippen LogP contribution >= 0.6 is 0 Å². The fraction of sp³-hybridized carbons (Fsp3) is 0.188. The molecule has 2 rings (SSSR count). The molecule has 4 nitrogen and oxygen atoms in total. The number of nitrogens with one attached hydrogen (secondary N) is 1. The van der Waals surface area contributed by atoms with Crippen molar-refractivity contribution in [2.45, 2.75) is 6.54 Å². The molecule has 2 aromatic rings. The fourth-order valence-corrected chi connectivity index (χ4v) is 1.97. The number of para-hydroxylation sites is 1. The molecule has 0 aromatic heterocycles. The molecule has 4 heteroatoms. The van der Waals surface area contributed by atoms with Gasteiger partial charge in [0.1, 0.15) is 0 Å². The summed E-state index contributed by atoms with van der Waals surface area (Å²) < 4.78 is 0. The molecule has 0 atom stereocenters. The van der Waals surface area contributed by atoms with Crippen LogP contribution in [0.3, 0.4) is 0 Å². The molecule has 0 aliphatic heterocycles. The van der Waals surface area contributed by atoms with Crippen molar-refractivity contribution >= 4 is 17.3 Å². The topological polar surface area (TPSA) is 58.4 Å². The van der Waals surface area contributed by atoms with Crippen LogP contribution in [0.2, 0.25) is 0 Å². The Morgan fingerprint density at radius 2 is 1.90 bits per heavy atom. The predicted octanol–water partition coefficient (Wildman–Crippen LogP) is 2.22. The zero-order valence-electron chi connectivity index (χ0n) is 11.5. The Bertz CT molecular complexity index is 569. The van der Waals surface area contributed by atoms with Crippen LogP contribution in [0.1, 0.15) is 5.56 Å². The first-order chi connectivity index (χ1) is 9.69. The molecule has 0 fully saturated rings. The van der Waals surface area contributed by atoms with E-state index in [1.54, 1.807) is 0 Å². The molecule has 0 aliphatic rings. The molecule has 0 unspecified atom stereocenters. The maximum Gasteiger partial charge on any atom is 0.243 e. The lowest BCUT2D eigenvalue weighted by Gasteiger charge is -2.18. The van der Waals surface area contributed by atoms with E-state index >= 15 is 0 Å². The predicted molar refractivity (Wildman–Crippen MR) is 82.7 cm³/mol. The van der Waals surface area contributed by atoms with Crippen LogP contribution < -0.4 is 16.0 Å². The standard InChI is InChI=1S/C16H19N3O/c1-19(15-8-3-2-4-9-15)12-16(20)18-14-7-5-6-13(10-14)11-17/h2-10H,11-12,17H2,1H3,(H,18,20). The van der Waals surface area contributed by atoms with Crippen molar-refractivity contribution in [3.05, 3.63) is 60.2 Å². The summed E-state index contributed by atoms with van der Waals surface area (Å²) in [6.07, 6.45) is 0. The van der Waals surface area contributed by atoms with E-state index in [4.69, 9.17) is 5.73 Å². The quantitative estimate of drug-likeness (QED) is 0.875. The molecule has 104 valence electrons. The minimum Gasteiger partial charge on any atom is -0.365 e. The lowest BCUT2D eigenvalue weighted by Crippen LogP contribution is -2.30. The third-order valence-electron chi connectivity index (χ3n) is 3.02. The molecule has 3 N–H and O–H groups in total. The molecule has 0 saturated carbocycles. The number of nitrogens with zero attached hydrogens (tertiary/aromatic N) is 1. The second kappa shape index (κ2) is 6.73. The Morgan fingerprint density at radius 1 is 1.15 bits per heavy atom. The summed E-state index contributed by atoms with van der Waals surface area (Å²) in [5.74, 6) is -0.0504. The SMILES string of the molecule is CN(CC(=O)Nc1cccc(CN)c1)c1ccccc1. The van der Waals surface area contributed by atoms with Gasteiger partial charge in [0.05, 0.1) is 6.54 Å². The highest BCUT2D eigenvalue weighted by atomic mass is 16.2. The van der Waals surface area contributed by atoms with E-state index < -0.39 is 0 Å². The van der Waals surface area contributed by atoms with Gasteiger partial charge in [-0.1, -0.05) is 30.3 Å². The van der Waals surface area contributed by atoms with Gasteiger partial charge < -0.3 is 16.0 Å². The van der Waals surface area contributed by atoms with Crippen molar-refractivity contribution in [1.29, 1.82) is 0 Å². The molecule has 20 heavy (non-hydrogen) atoms. The first kappa shape index (κ1) is 14.1. The summed E-state index contributed by atoms with van der Waals surface area (Å²) >= 11 is 0. The Kier molecular flexibility index (Phi) is 4.74. The number of hydrogen-bond donors (Lipinski definition) is 2. The number of rotatable bonds is 5. The Morgan fingerprint density at radius 3 is 2.60 bits per heavy atom. The van der Waals surface area contributed by atoms with Gasteiger partial charge in [0, 0.05) is 25.0 Å². The molecule has 1 amide bonds. The molecule has 2 aromatic carbocycles. The summed E-state index contributed by atoms with van der Waals surface area (Å²) in [6.45, 7) is 0.768. The van der Waals surface area contributed by atoms with Gasteiger partial charge in [0.25, 0.3) is 0 Å². The monoisotopic (exact) mass is 269 g/mol. The number of benzene rings is 2. The van der Waals surface area contributed by atoms with Gasteiger partial charge in [-0.3, -0.25) is 4.79 Å². The van der Waals surface area contributed by atoms with Crippen LogP contribution in [0.5, 0.6) is 0 Å². The van der Waals surface area contributed by atoms with E-state index in [-0.39, 0.29) is 5.91 Å². The highest BCUT2D eigenvalue weighted by molar-refractivity contribution is 5.94. The van der Waals surface area contributed by atoms with E-state index in [1.165, 1.54) is 0 Å². The molecular formula is C16H19N3O. The van der Waals surface area contributed by atoms with Crippen LogP contribution in [0.4, 0.5) is 11.4 Å². The van der Waals surface area contributed by atoms with Gasteiger partial charge in [-0.25, -0.2) is 0 Å². The number of hydrogen-bond acceptors (Lipinski definition) is 3. The number of amides is 1. The van der Waals surface area contributed by atoms with Crippen molar-refractivity contribution in [1.82, 2.24) is 0 Å². The zero-order chi connectivity index (χ0) is 14.4. The summed E-state index contributed by atoms with van der Waals surface area (Å²) in [4.78, 5) is 13.9. The normalized spacial score (nSPS) is 10.1. The zero-order valence-corrected chi connectivity index (χ0v) is 11.5. The average molecular weight is 269 g/mol.